The third-order valence-electron chi connectivity index (χ3n) is 4.04. The van der Waals surface area contributed by atoms with Crippen LogP contribution in [0.25, 0.3) is 0 Å². The average Bonchev–Trinajstić information content (AvgIpc) is 2.64. The maximum absolute atomic E-state index is 13.1. The molecule has 0 aliphatic heterocycles. The highest BCUT2D eigenvalue weighted by molar-refractivity contribution is 7.00. The molecule has 0 saturated carbocycles. The largest absolute Gasteiger partial charge is 0.465 e. The lowest BCUT2D eigenvalue weighted by Gasteiger charge is -2.18. The van der Waals surface area contributed by atoms with Gasteiger partial charge in [0.15, 0.2) is 5.78 Å². The van der Waals surface area contributed by atoms with Gasteiger partial charge in [-0.3, -0.25) is 9.59 Å². The minimum Gasteiger partial charge on any atom is -0.465 e. The number of hydrogen-bond acceptors (Lipinski definition) is 4. The second-order valence-corrected chi connectivity index (χ2v) is 6.90. The van der Waals surface area contributed by atoms with Crippen molar-refractivity contribution in [1.82, 2.24) is 0 Å². The van der Waals surface area contributed by atoms with Gasteiger partial charge in [-0.15, -0.1) is 0 Å². The molecule has 0 amide bonds. The molecule has 0 bridgehead atoms. The van der Waals surface area contributed by atoms with Gasteiger partial charge in [0.2, 0.25) is 0 Å². The number of halogens is 1. The van der Waals surface area contributed by atoms with Crippen LogP contribution in [0.1, 0.15) is 47.7 Å². The van der Waals surface area contributed by atoms with Gasteiger partial charge in [0.25, 0.3) is 0 Å². The maximum atomic E-state index is 13.1. The molecule has 0 N–H and O–H groups in total. The van der Waals surface area contributed by atoms with E-state index in [1.54, 1.807) is 36.4 Å². The number of rotatable bonds is 7. The summed E-state index contributed by atoms with van der Waals surface area (Å²) in [6, 6.07) is 14.2. The quantitative estimate of drug-likeness (QED) is 0.275. The van der Waals surface area contributed by atoms with E-state index in [1.807, 2.05) is 19.1 Å². The highest BCUT2D eigenvalue weighted by atomic mass is 35.5. The molecule has 2 aromatic carbocycles. The van der Waals surface area contributed by atoms with Gasteiger partial charge < -0.3 is 9.30 Å². The Morgan fingerprint density at radius 2 is 1.67 bits per heavy atom. The maximum Gasteiger partial charge on any atom is 0.321 e. The van der Waals surface area contributed by atoms with Crippen LogP contribution in [0.3, 0.4) is 0 Å². The summed E-state index contributed by atoms with van der Waals surface area (Å²) in [7, 11) is 0.611. The Morgan fingerprint density at radius 1 is 1.04 bits per heavy atom. The lowest BCUT2D eigenvalue weighted by atomic mass is 9.89. The van der Waals surface area contributed by atoms with Gasteiger partial charge >= 0.3 is 5.97 Å². The van der Waals surface area contributed by atoms with E-state index < -0.39 is 11.9 Å². The Morgan fingerprint density at radius 3 is 2.22 bits per heavy atom. The molecule has 4 nitrogen and oxygen atoms in total. The van der Waals surface area contributed by atoms with Crippen molar-refractivity contribution >= 4 is 32.5 Å². The smallest absolute Gasteiger partial charge is 0.321 e. The number of carbonyl (C=O) groups excluding carboxylic acids is 2. The lowest BCUT2D eigenvalue weighted by molar-refractivity contribution is -0.144. The molecule has 2 unspecified atom stereocenters. The zero-order valence-electron chi connectivity index (χ0n) is 15.9. The number of aryl methyl sites for hydroxylation is 1. The second-order valence-electron chi connectivity index (χ2n) is 6.49. The lowest BCUT2D eigenvalue weighted by Crippen LogP contribution is -2.26. The Bertz CT molecular complexity index is 742. The van der Waals surface area contributed by atoms with Gasteiger partial charge in [0.05, 0.1) is 20.7 Å². The van der Waals surface area contributed by atoms with Crippen LogP contribution in [-0.4, -0.2) is 18.4 Å². The fraction of sp³-hybridized carbons (Fsp3) is 0.333. The van der Waals surface area contributed by atoms with Crippen LogP contribution in [0.15, 0.2) is 48.5 Å². The molecule has 146 valence electrons. The fourth-order valence-corrected chi connectivity index (χ4v) is 2.92. The van der Waals surface area contributed by atoms with Crippen LogP contribution in [0.4, 0.5) is 0 Å². The number of Topliss-reactive ketones (excluding diaryl/α,β-unsaturated/α-hetero) is 1. The van der Waals surface area contributed by atoms with E-state index in [4.69, 9.17) is 20.9 Å². The van der Waals surface area contributed by atoms with E-state index in [0.29, 0.717) is 37.8 Å². The van der Waals surface area contributed by atoms with Gasteiger partial charge in [-0.25, -0.2) is 0 Å². The molecule has 0 saturated heterocycles. The summed E-state index contributed by atoms with van der Waals surface area (Å²) >= 11 is 6.23. The fourth-order valence-electron chi connectivity index (χ4n) is 2.61. The van der Waals surface area contributed by atoms with E-state index >= 15 is 0 Å². The molecule has 0 heterocycles. The summed E-state index contributed by atoms with van der Waals surface area (Å²) in [4.78, 5) is 25.8. The predicted molar refractivity (Wildman–Crippen MR) is 112 cm³/mol. The van der Waals surface area contributed by atoms with Crippen molar-refractivity contribution in [2.75, 3.05) is 6.61 Å². The van der Waals surface area contributed by atoms with Crippen LogP contribution in [0.5, 0.6) is 0 Å². The van der Waals surface area contributed by atoms with Crippen molar-refractivity contribution < 1.29 is 18.9 Å². The Balaban J connectivity index is 0.00000176. The molecule has 2 rings (SSSR count). The standard InChI is InChI=1S/C21H23ClO3.H3OP/c1-14(2)12-13-25-21(24)19(16-9-5-4-6-10-16)20(23)18-15(3)8-7-11-17(18)22;1-2/h4-11,14,19H,12-13H2,1-3H3;2H3. The number of carbonyl (C=O) groups is 2. The molecule has 6 heteroatoms. The molecule has 2 aromatic rings. The third kappa shape index (κ3) is 6.64. The van der Waals surface area contributed by atoms with E-state index in [-0.39, 0.29) is 5.78 Å². The third-order valence-corrected chi connectivity index (χ3v) is 4.35. The van der Waals surface area contributed by atoms with Crippen LogP contribution < -0.4 is 0 Å². The van der Waals surface area contributed by atoms with E-state index in [9.17, 15) is 9.59 Å². The second kappa shape index (κ2) is 11.7. The molecule has 0 radical (unpaired) electrons. The highest BCUT2D eigenvalue weighted by Gasteiger charge is 2.32. The highest BCUT2D eigenvalue weighted by Crippen LogP contribution is 2.28. The first kappa shape index (κ1) is 23.1. The molecule has 0 fully saturated rings. The van der Waals surface area contributed by atoms with Crippen molar-refractivity contribution in [2.45, 2.75) is 33.1 Å². The van der Waals surface area contributed by atoms with E-state index in [1.165, 1.54) is 0 Å². The van der Waals surface area contributed by atoms with Crippen molar-refractivity contribution in [3.63, 3.8) is 0 Å². The van der Waals surface area contributed by atoms with E-state index in [0.717, 1.165) is 12.0 Å². The monoisotopic (exact) mass is 408 g/mol. The number of ketones is 1. The first-order chi connectivity index (χ1) is 12.9. The Hall–Kier alpha value is -1.90. The summed E-state index contributed by atoms with van der Waals surface area (Å²) in [5.41, 5.74) is 1.73. The van der Waals surface area contributed by atoms with Crippen molar-refractivity contribution in [3.8, 4) is 0 Å². The average molecular weight is 409 g/mol. The number of benzene rings is 2. The first-order valence-electron chi connectivity index (χ1n) is 8.71. The van der Waals surface area contributed by atoms with Gasteiger partial charge in [0, 0.05) is 5.56 Å². The Labute approximate surface area is 167 Å². The SMILES string of the molecule is Cc1cccc(Cl)c1C(=O)C(C(=O)OCCC(C)C)c1ccccc1.O=[PH3]. The normalized spacial score (nSPS) is 11.4. The van der Waals surface area contributed by atoms with E-state index in [2.05, 4.69) is 13.8 Å². The van der Waals surface area contributed by atoms with Gasteiger partial charge in [-0.2, -0.15) is 0 Å². The molecule has 0 aromatic heterocycles. The summed E-state index contributed by atoms with van der Waals surface area (Å²) in [5, 5.41) is 0.348. The number of hydrogen-bond donors (Lipinski definition) is 0. The number of esters is 1. The van der Waals surface area contributed by atoms with Crippen LogP contribution >= 0.6 is 20.7 Å². The molecular formula is C21H26ClO4P. The molecule has 2 atom stereocenters. The summed E-state index contributed by atoms with van der Waals surface area (Å²) < 4.78 is 13.7. The van der Waals surface area contributed by atoms with Crippen LogP contribution in [0.2, 0.25) is 5.02 Å². The Kier molecular flexibility index (Phi) is 10.1. The van der Waals surface area contributed by atoms with Gasteiger partial charge in [-0.05, 0) is 36.5 Å². The van der Waals surface area contributed by atoms with Crippen molar-refractivity contribution in [1.29, 1.82) is 0 Å². The molecule has 27 heavy (non-hydrogen) atoms. The molecule has 0 aliphatic rings. The van der Waals surface area contributed by atoms with Crippen LogP contribution in [0, 0.1) is 12.8 Å². The zero-order chi connectivity index (χ0) is 20.4. The molecular weight excluding hydrogens is 383 g/mol. The molecule has 0 aliphatic carbocycles. The topological polar surface area (TPSA) is 60.4 Å². The summed E-state index contributed by atoms with van der Waals surface area (Å²) in [6.07, 6.45) is 0.757. The van der Waals surface area contributed by atoms with Crippen molar-refractivity contribution in [2.24, 2.45) is 5.92 Å². The number of ether oxygens (including phenoxy) is 1. The predicted octanol–water partition coefficient (Wildman–Crippen LogP) is 5.14. The van der Waals surface area contributed by atoms with Crippen molar-refractivity contribution in [3.05, 3.63) is 70.2 Å². The molecule has 0 spiro atoms. The van der Waals surface area contributed by atoms with Crippen LogP contribution in [-0.2, 0) is 14.1 Å². The minimum atomic E-state index is -1.01. The summed E-state index contributed by atoms with van der Waals surface area (Å²) in [5.74, 6) is -1.45. The van der Waals surface area contributed by atoms with Gasteiger partial charge in [-0.1, -0.05) is 67.9 Å². The van der Waals surface area contributed by atoms with Gasteiger partial charge in [0.1, 0.15) is 5.92 Å². The minimum absolute atomic E-state index is 0.300. The summed E-state index contributed by atoms with van der Waals surface area (Å²) in [6.45, 7) is 6.22. The first-order valence-corrected chi connectivity index (χ1v) is 9.67. The zero-order valence-corrected chi connectivity index (χ0v) is 18.1.